The molecule has 210 valence electrons. The first kappa shape index (κ1) is 28.8. The molecule has 1 fully saturated rings. The van der Waals surface area contributed by atoms with Crippen molar-refractivity contribution in [2.75, 3.05) is 13.1 Å². The number of hydrogen-bond acceptors (Lipinski definition) is 4. The highest BCUT2D eigenvalue weighted by molar-refractivity contribution is 6.31. The highest BCUT2D eigenvalue weighted by atomic mass is 35.5. The number of carbonyl (C=O) groups excluding carboxylic acids is 2. The van der Waals surface area contributed by atoms with Gasteiger partial charge in [0.1, 0.15) is 0 Å². The fourth-order valence-corrected chi connectivity index (χ4v) is 5.76. The van der Waals surface area contributed by atoms with Crippen LogP contribution >= 0.6 is 23.2 Å². The quantitative estimate of drug-likeness (QED) is 0.222. The van der Waals surface area contributed by atoms with Crippen molar-refractivity contribution in [2.45, 2.75) is 33.6 Å². The summed E-state index contributed by atoms with van der Waals surface area (Å²) in [5.74, 6) is 0.388. The molecule has 1 aliphatic carbocycles. The fourth-order valence-electron chi connectivity index (χ4n) is 5.51. The number of amides is 1. The molecular weight excluding hydrogens is 555 g/mol. The molecule has 1 atom stereocenters. The molecule has 1 amide bonds. The zero-order valence-corrected chi connectivity index (χ0v) is 24.9. The van der Waals surface area contributed by atoms with Crippen LogP contribution in [0.2, 0.25) is 10.0 Å². The first-order valence-electron chi connectivity index (χ1n) is 13.7. The average Bonchev–Trinajstić information content (AvgIpc) is 3.41. The summed E-state index contributed by atoms with van der Waals surface area (Å²) in [7, 11) is 0. The second kappa shape index (κ2) is 12.1. The van der Waals surface area contributed by atoms with E-state index in [1.54, 1.807) is 47.4 Å². The van der Waals surface area contributed by atoms with Crippen LogP contribution in [0, 0.1) is 11.3 Å². The van der Waals surface area contributed by atoms with Crippen molar-refractivity contribution >= 4 is 53.1 Å². The first-order valence-corrected chi connectivity index (χ1v) is 14.4. The van der Waals surface area contributed by atoms with E-state index in [4.69, 9.17) is 27.7 Å². The van der Waals surface area contributed by atoms with Crippen LogP contribution in [0.25, 0.3) is 18.2 Å². The Morgan fingerprint density at radius 3 is 2.07 bits per heavy atom. The summed E-state index contributed by atoms with van der Waals surface area (Å²) >= 11 is 12.1. The van der Waals surface area contributed by atoms with Crippen LogP contribution in [0.15, 0.2) is 88.0 Å². The minimum atomic E-state index is -0.306. The maximum Gasteiger partial charge on any atom is 0.276 e. The van der Waals surface area contributed by atoms with Crippen LogP contribution in [-0.2, 0) is 4.79 Å². The van der Waals surface area contributed by atoms with Gasteiger partial charge in [0.2, 0.25) is 0 Å². The second-order valence-electron chi connectivity index (χ2n) is 11.4. The average molecular weight is 588 g/mol. The molecule has 1 aliphatic heterocycles. The Labute approximate surface area is 250 Å². The fraction of sp³-hybridized carbons (Fsp3) is 0.265. The van der Waals surface area contributed by atoms with E-state index in [1.165, 1.54) is 5.57 Å². The zero-order chi connectivity index (χ0) is 29.1. The number of carbonyl (C=O) groups is 2. The van der Waals surface area contributed by atoms with Crippen molar-refractivity contribution in [1.82, 2.24) is 10.1 Å². The molecule has 2 aromatic carbocycles. The lowest BCUT2D eigenvalue weighted by atomic mass is 9.68. The minimum absolute atomic E-state index is 0.110. The molecule has 0 saturated carbocycles. The number of ketones is 1. The van der Waals surface area contributed by atoms with Gasteiger partial charge in [-0.05, 0) is 78.8 Å². The van der Waals surface area contributed by atoms with E-state index >= 15 is 0 Å². The summed E-state index contributed by atoms with van der Waals surface area (Å²) in [6.45, 7) is 7.01. The number of rotatable bonds is 5. The Morgan fingerprint density at radius 1 is 0.976 bits per heavy atom. The number of hydrogen-bond donors (Lipinski definition) is 0. The van der Waals surface area contributed by atoms with Gasteiger partial charge in [0.15, 0.2) is 17.2 Å². The predicted octanol–water partition coefficient (Wildman–Crippen LogP) is 8.57. The number of likely N-dealkylation sites (tertiary alicyclic amines) is 1. The van der Waals surface area contributed by atoms with E-state index < -0.39 is 0 Å². The Balaban J connectivity index is 1.42. The number of nitrogens with zero attached hydrogens (tertiary/aromatic N) is 2. The van der Waals surface area contributed by atoms with Crippen LogP contribution in [0.1, 0.15) is 61.0 Å². The monoisotopic (exact) mass is 586 g/mol. The minimum Gasteiger partial charge on any atom is -0.356 e. The lowest BCUT2D eigenvalue weighted by Gasteiger charge is -2.36. The molecule has 2 aliphatic rings. The van der Waals surface area contributed by atoms with Gasteiger partial charge in [-0.1, -0.05) is 84.2 Å². The molecule has 5 rings (SSSR count). The predicted molar refractivity (Wildman–Crippen MR) is 166 cm³/mol. The van der Waals surface area contributed by atoms with Gasteiger partial charge in [0, 0.05) is 33.2 Å². The van der Waals surface area contributed by atoms with Gasteiger partial charge >= 0.3 is 0 Å². The van der Waals surface area contributed by atoms with E-state index in [0.29, 0.717) is 27.0 Å². The largest absolute Gasteiger partial charge is 0.356 e. The molecule has 0 N–H and O–H groups in total. The lowest BCUT2D eigenvalue weighted by molar-refractivity contribution is -0.113. The second-order valence-corrected chi connectivity index (χ2v) is 12.2. The third-order valence-corrected chi connectivity index (χ3v) is 8.31. The zero-order valence-electron chi connectivity index (χ0n) is 23.4. The van der Waals surface area contributed by atoms with Crippen LogP contribution in [-0.4, -0.2) is 34.8 Å². The smallest absolute Gasteiger partial charge is 0.276 e. The maximum atomic E-state index is 13.6. The number of halogens is 2. The van der Waals surface area contributed by atoms with Crippen LogP contribution in [0.4, 0.5) is 0 Å². The van der Waals surface area contributed by atoms with E-state index in [-0.39, 0.29) is 41.8 Å². The summed E-state index contributed by atoms with van der Waals surface area (Å²) < 4.78 is 5.53. The molecule has 41 heavy (non-hydrogen) atoms. The molecule has 1 saturated heterocycles. The number of aromatic nitrogens is 1. The van der Waals surface area contributed by atoms with Crippen LogP contribution in [0.5, 0.6) is 0 Å². The third kappa shape index (κ3) is 6.80. The molecule has 0 spiro atoms. The van der Waals surface area contributed by atoms with E-state index in [2.05, 4.69) is 38.1 Å². The lowest BCUT2D eigenvalue weighted by Crippen LogP contribution is -2.41. The Kier molecular flexibility index (Phi) is 8.48. The van der Waals surface area contributed by atoms with E-state index in [0.717, 1.165) is 24.0 Å². The highest BCUT2D eigenvalue weighted by Gasteiger charge is 2.32. The summed E-state index contributed by atoms with van der Waals surface area (Å²) in [6.07, 6.45) is 12.1. The normalized spacial score (nSPS) is 21.1. The molecule has 0 bridgehead atoms. The molecule has 1 unspecified atom stereocenters. The van der Waals surface area contributed by atoms with Gasteiger partial charge in [-0.2, -0.15) is 0 Å². The molecule has 1 aromatic heterocycles. The van der Waals surface area contributed by atoms with Crippen molar-refractivity contribution in [2.24, 2.45) is 11.3 Å². The van der Waals surface area contributed by atoms with Crippen molar-refractivity contribution in [3.05, 3.63) is 116 Å². The van der Waals surface area contributed by atoms with E-state index in [1.807, 2.05) is 30.3 Å². The molecule has 7 heteroatoms. The highest BCUT2D eigenvalue weighted by Crippen LogP contribution is 2.41. The van der Waals surface area contributed by atoms with Gasteiger partial charge in [-0.25, -0.2) is 0 Å². The third-order valence-electron chi connectivity index (χ3n) is 7.80. The Bertz CT molecular complexity index is 1510. The van der Waals surface area contributed by atoms with Crippen LogP contribution < -0.4 is 0 Å². The van der Waals surface area contributed by atoms with E-state index in [9.17, 15) is 9.59 Å². The summed E-state index contributed by atoms with van der Waals surface area (Å²) in [4.78, 5) is 28.8. The Hall–Kier alpha value is -3.67. The first-order chi connectivity index (χ1) is 19.6. The maximum absolute atomic E-state index is 13.6. The van der Waals surface area contributed by atoms with Crippen molar-refractivity contribution in [3.63, 3.8) is 0 Å². The summed E-state index contributed by atoms with van der Waals surface area (Å²) in [5.41, 5.74) is 4.32. The molecule has 3 aromatic rings. The van der Waals surface area contributed by atoms with Gasteiger partial charge in [0.25, 0.3) is 5.91 Å². The topological polar surface area (TPSA) is 63.4 Å². The molecule has 5 nitrogen and oxygen atoms in total. The van der Waals surface area contributed by atoms with Crippen LogP contribution in [0.3, 0.4) is 0 Å². The van der Waals surface area contributed by atoms with Gasteiger partial charge in [-0.15, -0.1) is 0 Å². The van der Waals surface area contributed by atoms with Crippen molar-refractivity contribution in [1.29, 1.82) is 0 Å². The Morgan fingerprint density at radius 2 is 1.54 bits per heavy atom. The molecule has 0 radical (unpaired) electrons. The number of Topliss-reactive ketones (excluding diaryl/α,β-unsaturated/α-hetero) is 1. The number of benzene rings is 2. The number of allylic oxidation sites excluding steroid dienone is 3. The molecular formula is C34H32Cl2N2O3. The standard InChI is InChI=1S/C34H32Cl2N2O3/c1-22-5-4-16-34(2,3)30(22)15-14-29-19-31(37-41-29)33(40)38-20-25(17-23-6-10-27(35)11-7-23)32(39)26(21-38)18-24-8-12-28(36)13-9-24/h5-15,17-19,30H,4,16,20-21H2,1-3H3/b15-14+,25-17+,26-18+. The van der Waals surface area contributed by atoms with Gasteiger partial charge in [0.05, 0.1) is 13.1 Å². The van der Waals surface area contributed by atoms with Crippen molar-refractivity contribution < 1.29 is 14.1 Å². The molecule has 2 heterocycles. The number of piperidine rings is 1. The summed E-state index contributed by atoms with van der Waals surface area (Å²) in [5, 5.41) is 5.30. The van der Waals surface area contributed by atoms with Crippen molar-refractivity contribution in [3.8, 4) is 0 Å². The SMILES string of the molecule is CC1=CCCC(C)(C)C1/C=C/c1cc(C(=O)N2C/C(=C\c3ccc(Cl)cc3)C(=O)/C(=C/c3ccc(Cl)cc3)C2)no1. The summed E-state index contributed by atoms with van der Waals surface area (Å²) in [6, 6.07) is 16.1. The van der Waals surface area contributed by atoms with Gasteiger partial charge in [-0.3, -0.25) is 9.59 Å². The van der Waals surface area contributed by atoms with Gasteiger partial charge < -0.3 is 9.42 Å².